The van der Waals surface area contributed by atoms with Crippen LogP contribution in [-0.2, 0) is 0 Å². The Hall–Kier alpha value is -0.365. The fraction of sp³-hybridized carbons (Fsp3) is 0. The summed E-state index contributed by atoms with van der Waals surface area (Å²) in [6.07, 6.45) is 0. The van der Waals surface area contributed by atoms with Crippen molar-refractivity contribution in [3.8, 4) is 0 Å². The molecule has 1 aromatic rings. The normalized spacial score (nSPS) is 7.62. The second-order valence-electron chi connectivity index (χ2n) is 1.34. The minimum Gasteiger partial charge on any atom is -0.143 e. The van der Waals surface area contributed by atoms with Crippen molar-refractivity contribution in [2.75, 3.05) is 0 Å². The van der Waals surface area contributed by atoms with E-state index < -0.39 is 0 Å². The van der Waals surface area contributed by atoms with Crippen molar-refractivity contribution in [1.82, 2.24) is 0 Å². The van der Waals surface area contributed by atoms with Crippen molar-refractivity contribution in [3.63, 3.8) is 0 Å². The summed E-state index contributed by atoms with van der Waals surface area (Å²) >= 11 is 4.08. The molecule has 0 aromatic heterocycles. The van der Waals surface area contributed by atoms with Crippen LogP contribution in [0, 0.1) is 0 Å². The first kappa shape index (κ1) is 7.63. The van der Waals surface area contributed by atoms with Crippen LogP contribution in [0.5, 0.6) is 0 Å². The lowest BCUT2D eigenvalue weighted by molar-refractivity contribution is 1.48. The molecule has 0 saturated carbocycles. The van der Waals surface area contributed by atoms with E-state index in [-0.39, 0.29) is 8.41 Å². The van der Waals surface area contributed by atoms with Crippen molar-refractivity contribution in [2.45, 2.75) is 4.90 Å². The fourth-order valence-electron chi connectivity index (χ4n) is 0.428. The van der Waals surface area contributed by atoms with Crippen LogP contribution >= 0.6 is 12.6 Å². The van der Waals surface area contributed by atoms with E-state index in [9.17, 15) is 0 Å². The Balaban J connectivity index is 0.000000490. The number of hydrogen-bond acceptors (Lipinski definition) is 1. The monoisotopic (exact) mass is 121 g/mol. The van der Waals surface area contributed by atoms with Crippen LogP contribution in [0.15, 0.2) is 35.2 Å². The van der Waals surface area contributed by atoms with Gasteiger partial charge < -0.3 is 0 Å². The van der Waals surface area contributed by atoms with Crippen molar-refractivity contribution in [1.29, 1.82) is 0 Å². The minimum absolute atomic E-state index is 0. The van der Waals surface area contributed by atoms with Gasteiger partial charge in [0.2, 0.25) is 0 Å². The first-order chi connectivity index (χ1) is 3.39. The zero-order valence-corrected chi connectivity index (χ0v) is 5.31. The van der Waals surface area contributed by atoms with Gasteiger partial charge in [-0.1, -0.05) is 18.2 Å². The molecule has 2 heteroatoms. The summed E-state index contributed by atoms with van der Waals surface area (Å²) in [6, 6.07) is 9.79. The van der Waals surface area contributed by atoms with Gasteiger partial charge in [0.15, 0.2) is 0 Å². The first-order valence-corrected chi connectivity index (χ1v) is 2.58. The molecule has 0 aliphatic carbocycles. The third kappa shape index (κ3) is 2.08. The van der Waals surface area contributed by atoms with E-state index in [4.69, 9.17) is 0 Å². The van der Waals surface area contributed by atoms with Gasteiger partial charge >= 0.3 is 0 Å². The second-order valence-corrected chi connectivity index (χ2v) is 1.85. The van der Waals surface area contributed by atoms with Crippen molar-refractivity contribution >= 4 is 21.0 Å². The van der Waals surface area contributed by atoms with Gasteiger partial charge in [0.05, 0.1) is 0 Å². The standard InChI is InChI=1S/C6H6S.B/c7-6-4-2-1-3-5-6;/h1-5,7H;. The molecular weight excluding hydrogens is 115 g/mol. The lowest BCUT2D eigenvalue weighted by Gasteiger charge is -1.81. The molecule has 0 fully saturated rings. The largest absolute Gasteiger partial charge is 0.143 e. The third-order valence-corrected chi connectivity index (χ3v) is 1.05. The molecule has 0 N–H and O–H groups in total. The Labute approximate surface area is 56.9 Å². The molecule has 0 heterocycles. The lowest BCUT2D eigenvalue weighted by Crippen LogP contribution is -1.56. The summed E-state index contributed by atoms with van der Waals surface area (Å²) in [6.45, 7) is 0. The highest BCUT2D eigenvalue weighted by Crippen LogP contribution is 2.00. The number of rotatable bonds is 0. The summed E-state index contributed by atoms with van der Waals surface area (Å²) in [7, 11) is 0. The molecular formula is C6H6BS. The predicted octanol–water partition coefficient (Wildman–Crippen LogP) is 1.59. The molecule has 0 amide bonds. The van der Waals surface area contributed by atoms with Gasteiger partial charge in [-0.15, -0.1) is 12.6 Å². The van der Waals surface area contributed by atoms with E-state index >= 15 is 0 Å². The predicted molar refractivity (Wildman–Crippen MR) is 39.4 cm³/mol. The highest BCUT2D eigenvalue weighted by atomic mass is 32.1. The van der Waals surface area contributed by atoms with Crippen molar-refractivity contribution in [3.05, 3.63) is 30.3 Å². The van der Waals surface area contributed by atoms with Gasteiger partial charge in [-0.25, -0.2) is 0 Å². The molecule has 1 aromatic carbocycles. The quantitative estimate of drug-likeness (QED) is 0.391. The first-order valence-electron chi connectivity index (χ1n) is 2.13. The van der Waals surface area contributed by atoms with Crippen molar-refractivity contribution in [2.24, 2.45) is 0 Å². The van der Waals surface area contributed by atoms with E-state index in [1.54, 1.807) is 0 Å². The molecule has 0 saturated heterocycles. The molecule has 0 nitrogen and oxygen atoms in total. The van der Waals surface area contributed by atoms with E-state index in [2.05, 4.69) is 12.6 Å². The highest BCUT2D eigenvalue weighted by Gasteiger charge is 1.73. The number of benzene rings is 1. The Morgan fingerprint density at radius 3 is 1.75 bits per heavy atom. The number of hydrogen-bond donors (Lipinski definition) is 1. The molecule has 0 unspecified atom stereocenters. The average Bonchev–Trinajstić information content (AvgIpc) is 1.69. The summed E-state index contributed by atoms with van der Waals surface area (Å²) < 4.78 is 0. The van der Waals surface area contributed by atoms with Crippen LogP contribution < -0.4 is 0 Å². The van der Waals surface area contributed by atoms with Gasteiger partial charge in [-0.2, -0.15) is 0 Å². The van der Waals surface area contributed by atoms with Crippen LogP contribution in [0.1, 0.15) is 0 Å². The zero-order chi connectivity index (χ0) is 5.11. The summed E-state index contributed by atoms with van der Waals surface area (Å²) in [4.78, 5) is 1.02. The molecule has 1 rings (SSSR count). The molecule has 0 atom stereocenters. The molecule has 39 valence electrons. The minimum atomic E-state index is 0. The summed E-state index contributed by atoms with van der Waals surface area (Å²) in [5.74, 6) is 0. The maximum atomic E-state index is 4.08. The third-order valence-electron chi connectivity index (χ3n) is 0.756. The van der Waals surface area contributed by atoms with E-state index in [1.807, 2.05) is 30.3 Å². The Morgan fingerprint density at radius 2 is 1.50 bits per heavy atom. The SMILES string of the molecule is Sc1ccccc1.[B]. The maximum Gasteiger partial charge on any atom is 0.00399 e. The highest BCUT2D eigenvalue weighted by molar-refractivity contribution is 7.80. The van der Waals surface area contributed by atoms with Gasteiger partial charge in [0.25, 0.3) is 0 Å². The zero-order valence-electron chi connectivity index (χ0n) is 4.41. The lowest BCUT2D eigenvalue weighted by atomic mass is 10.4. The maximum absolute atomic E-state index is 4.08. The van der Waals surface area contributed by atoms with Crippen LogP contribution in [0.3, 0.4) is 0 Å². The molecule has 0 bridgehead atoms. The molecule has 3 radical (unpaired) electrons. The molecule has 0 aliphatic rings. The Morgan fingerprint density at radius 1 is 1.00 bits per heavy atom. The van der Waals surface area contributed by atoms with Crippen molar-refractivity contribution < 1.29 is 0 Å². The van der Waals surface area contributed by atoms with E-state index in [0.717, 1.165) is 4.90 Å². The smallest absolute Gasteiger partial charge is 0.00399 e. The topological polar surface area (TPSA) is 0 Å². The van der Waals surface area contributed by atoms with Crippen LogP contribution in [0.2, 0.25) is 0 Å². The number of thiol groups is 1. The molecule has 8 heavy (non-hydrogen) atoms. The molecule has 0 spiro atoms. The van der Waals surface area contributed by atoms with Gasteiger partial charge in [-0.05, 0) is 12.1 Å². The van der Waals surface area contributed by atoms with E-state index in [1.165, 1.54) is 0 Å². The summed E-state index contributed by atoms with van der Waals surface area (Å²) in [5.41, 5.74) is 0. The fourth-order valence-corrected chi connectivity index (χ4v) is 0.600. The van der Waals surface area contributed by atoms with Gasteiger partial charge in [0, 0.05) is 13.3 Å². The van der Waals surface area contributed by atoms with Gasteiger partial charge in [0.1, 0.15) is 0 Å². The average molecular weight is 121 g/mol. The van der Waals surface area contributed by atoms with Crippen LogP contribution in [-0.4, -0.2) is 8.41 Å². The Bertz CT molecular complexity index is 138. The Kier molecular flexibility index (Phi) is 3.45. The molecule has 0 aliphatic heterocycles. The van der Waals surface area contributed by atoms with Crippen LogP contribution in [0.4, 0.5) is 0 Å². The van der Waals surface area contributed by atoms with Crippen LogP contribution in [0.25, 0.3) is 0 Å². The summed E-state index contributed by atoms with van der Waals surface area (Å²) in [5, 5.41) is 0. The second kappa shape index (κ2) is 3.61. The van der Waals surface area contributed by atoms with Gasteiger partial charge in [-0.3, -0.25) is 0 Å². The van der Waals surface area contributed by atoms with E-state index in [0.29, 0.717) is 0 Å².